The molecule has 1 saturated heterocycles. The monoisotopic (exact) mass is 490 g/mol. The lowest BCUT2D eigenvalue weighted by Gasteiger charge is -2.22. The van der Waals surface area contributed by atoms with Gasteiger partial charge in [-0.3, -0.25) is 0 Å². The summed E-state index contributed by atoms with van der Waals surface area (Å²) in [7, 11) is 0. The molecule has 1 aromatic carbocycles. The molecule has 1 aliphatic heterocycles. The molecule has 0 unspecified atom stereocenters. The van der Waals surface area contributed by atoms with Crippen molar-refractivity contribution in [3.8, 4) is 16.9 Å². The number of aliphatic hydroxyl groups is 1. The average molecular weight is 491 g/mol. The highest BCUT2D eigenvalue weighted by Gasteiger charge is 2.31. The van der Waals surface area contributed by atoms with E-state index in [1.807, 2.05) is 12.1 Å². The molecule has 0 spiro atoms. The Hall–Kier alpha value is -3.30. The van der Waals surface area contributed by atoms with Crippen molar-refractivity contribution in [1.82, 2.24) is 9.97 Å². The normalized spacial score (nSPS) is 15.9. The number of nitrogens with one attached hydrogen (secondary N) is 1. The van der Waals surface area contributed by atoms with Crippen LogP contribution < -0.4 is 15.0 Å². The van der Waals surface area contributed by atoms with Gasteiger partial charge in [-0.05, 0) is 48.9 Å². The van der Waals surface area contributed by atoms with Crippen molar-refractivity contribution in [3.05, 3.63) is 72.2 Å². The Balaban J connectivity index is 1.59. The third kappa shape index (κ3) is 5.78. The number of alkyl halides is 3. The molecule has 2 aromatic heterocycles. The lowest BCUT2D eigenvalue weighted by atomic mass is 10.0. The fraction of sp³-hybridized carbons (Fsp3) is 0.250. The Morgan fingerprint density at radius 1 is 1.18 bits per heavy atom. The highest BCUT2D eigenvalue weighted by molar-refractivity contribution is 6.29. The molecule has 4 rings (SSSR count). The molecule has 0 radical (unpaired) electrons. The van der Waals surface area contributed by atoms with E-state index in [0.717, 1.165) is 29.9 Å². The predicted octanol–water partition coefficient (Wildman–Crippen LogP) is 5.60. The molecule has 2 N–H and O–H groups in total. The van der Waals surface area contributed by atoms with Gasteiger partial charge in [0.15, 0.2) is 0 Å². The van der Waals surface area contributed by atoms with Crippen LogP contribution in [0.3, 0.4) is 0 Å². The number of hydrogen-bond acceptors (Lipinski definition) is 6. The Morgan fingerprint density at radius 3 is 2.56 bits per heavy atom. The second kappa shape index (κ2) is 9.90. The predicted molar refractivity (Wildman–Crippen MR) is 126 cm³/mol. The topological polar surface area (TPSA) is 70.5 Å². The van der Waals surface area contributed by atoms with Crippen molar-refractivity contribution in [2.24, 2.45) is 5.92 Å². The highest BCUT2D eigenvalue weighted by atomic mass is 35.5. The lowest BCUT2D eigenvalue weighted by molar-refractivity contribution is -0.274. The van der Waals surface area contributed by atoms with Crippen LogP contribution in [0.15, 0.2) is 61.4 Å². The van der Waals surface area contributed by atoms with Crippen molar-refractivity contribution >= 4 is 28.8 Å². The zero-order valence-electron chi connectivity index (χ0n) is 18.0. The van der Waals surface area contributed by atoms with Crippen LogP contribution in [0.2, 0.25) is 5.15 Å². The van der Waals surface area contributed by atoms with Gasteiger partial charge in [0, 0.05) is 66.1 Å². The molecule has 34 heavy (non-hydrogen) atoms. The van der Waals surface area contributed by atoms with E-state index in [1.54, 1.807) is 18.5 Å². The van der Waals surface area contributed by atoms with Gasteiger partial charge >= 0.3 is 6.36 Å². The first-order chi connectivity index (χ1) is 16.2. The fourth-order valence-electron chi connectivity index (χ4n) is 3.78. The smallest absolute Gasteiger partial charge is 0.406 e. The first kappa shape index (κ1) is 23.8. The van der Waals surface area contributed by atoms with E-state index in [2.05, 4.69) is 31.5 Å². The highest BCUT2D eigenvalue weighted by Crippen LogP contribution is 2.34. The van der Waals surface area contributed by atoms with Gasteiger partial charge in [-0.25, -0.2) is 9.97 Å². The van der Waals surface area contributed by atoms with E-state index >= 15 is 0 Å². The SMILES string of the molecule is C=C(Nc1ccc(OC(F)(F)F)cc1)c1cnc(N2CC[C@H](CO)C2)c(-c2ccc(Cl)nc2)c1. The number of hydrogen-bond donors (Lipinski definition) is 2. The molecule has 6 nitrogen and oxygen atoms in total. The summed E-state index contributed by atoms with van der Waals surface area (Å²) in [6.45, 7) is 5.65. The van der Waals surface area contributed by atoms with Gasteiger partial charge in [0.1, 0.15) is 16.7 Å². The van der Waals surface area contributed by atoms with Crippen LogP contribution >= 0.6 is 11.6 Å². The van der Waals surface area contributed by atoms with Crippen LogP contribution in [0.4, 0.5) is 24.7 Å². The van der Waals surface area contributed by atoms with Gasteiger partial charge in [0.2, 0.25) is 0 Å². The third-order valence-electron chi connectivity index (χ3n) is 5.48. The van der Waals surface area contributed by atoms with E-state index in [-0.39, 0.29) is 18.3 Å². The van der Waals surface area contributed by atoms with Crippen LogP contribution in [0.25, 0.3) is 16.8 Å². The van der Waals surface area contributed by atoms with Gasteiger partial charge < -0.3 is 20.1 Å². The molecule has 10 heteroatoms. The van der Waals surface area contributed by atoms with Crippen molar-refractivity contribution in [3.63, 3.8) is 0 Å². The van der Waals surface area contributed by atoms with Crippen molar-refractivity contribution in [2.45, 2.75) is 12.8 Å². The van der Waals surface area contributed by atoms with Gasteiger partial charge in [-0.1, -0.05) is 18.2 Å². The summed E-state index contributed by atoms with van der Waals surface area (Å²) in [5, 5.41) is 13.0. The number of ether oxygens (including phenoxy) is 1. The summed E-state index contributed by atoms with van der Waals surface area (Å²) in [4.78, 5) is 11.0. The maximum absolute atomic E-state index is 12.4. The first-order valence-corrected chi connectivity index (χ1v) is 10.9. The minimum atomic E-state index is -4.74. The van der Waals surface area contributed by atoms with E-state index < -0.39 is 6.36 Å². The van der Waals surface area contributed by atoms with Crippen molar-refractivity contribution in [1.29, 1.82) is 0 Å². The molecule has 3 heterocycles. The zero-order valence-corrected chi connectivity index (χ0v) is 18.8. The Kier molecular flexibility index (Phi) is 6.95. The van der Waals surface area contributed by atoms with Crippen LogP contribution in [-0.4, -0.2) is 41.1 Å². The van der Waals surface area contributed by atoms with Gasteiger partial charge in [0.05, 0.1) is 0 Å². The molecule has 0 aliphatic carbocycles. The second-order valence-electron chi connectivity index (χ2n) is 7.92. The van der Waals surface area contributed by atoms with Crippen LogP contribution in [0.5, 0.6) is 5.75 Å². The number of anilines is 2. The van der Waals surface area contributed by atoms with Gasteiger partial charge in [-0.15, -0.1) is 13.2 Å². The van der Waals surface area contributed by atoms with Crippen molar-refractivity contribution in [2.75, 3.05) is 29.9 Å². The van der Waals surface area contributed by atoms with Crippen LogP contribution in [-0.2, 0) is 0 Å². The molecular weight excluding hydrogens is 469 g/mol. The van der Waals surface area contributed by atoms with E-state index in [0.29, 0.717) is 28.6 Å². The minimum absolute atomic E-state index is 0.125. The van der Waals surface area contributed by atoms with E-state index in [1.165, 1.54) is 24.3 Å². The minimum Gasteiger partial charge on any atom is -0.406 e. The van der Waals surface area contributed by atoms with Gasteiger partial charge in [0.25, 0.3) is 0 Å². The summed E-state index contributed by atoms with van der Waals surface area (Å²) >= 11 is 5.96. The summed E-state index contributed by atoms with van der Waals surface area (Å²) in [6, 6.07) is 10.9. The molecular formula is C24H22ClF3N4O2. The van der Waals surface area contributed by atoms with Gasteiger partial charge in [-0.2, -0.15) is 0 Å². The summed E-state index contributed by atoms with van der Waals surface area (Å²) < 4.78 is 41.0. The van der Waals surface area contributed by atoms with E-state index in [4.69, 9.17) is 11.6 Å². The fourth-order valence-corrected chi connectivity index (χ4v) is 3.89. The van der Waals surface area contributed by atoms with E-state index in [9.17, 15) is 18.3 Å². The number of rotatable bonds is 7. The Labute approximate surface area is 199 Å². The standard InChI is InChI=1S/C24H22ClF3N4O2/c1-15(31-19-3-5-20(6-4-19)34-24(26,27)28)18-10-21(17-2-7-22(25)29-11-17)23(30-12-18)32-9-8-16(13-32)14-33/h2-7,10-12,16,31,33H,1,8-9,13-14H2/t16-/m0/s1. The first-order valence-electron chi connectivity index (χ1n) is 10.5. The largest absolute Gasteiger partial charge is 0.573 e. The molecule has 1 atom stereocenters. The molecule has 3 aromatic rings. The lowest BCUT2D eigenvalue weighted by Crippen LogP contribution is -2.22. The zero-order chi connectivity index (χ0) is 24.3. The molecule has 0 bridgehead atoms. The number of benzene rings is 1. The molecule has 1 aliphatic rings. The summed E-state index contributed by atoms with van der Waals surface area (Å²) in [5.41, 5.74) is 3.41. The summed E-state index contributed by atoms with van der Waals surface area (Å²) in [5.74, 6) is 0.655. The number of nitrogens with zero attached hydrogens (tertiary/aromatic N) is 3. The number of aromatic nitrogens is 2. The third-order valence-corrected chi connectivity index (χ3v) is 5.70. The molecule has 0 saturated carbocycles. The Morgan fingerprint density at radius 2 is 1.94 bits per heavy atom. The molecule has 178 valence electrons. The maximum Gasteiger partial charge on any atom is 0.573 e. The maximum atomic E-state index is 12.4. The summed E-state index contributed by atoms with van der Waals surface area (Å²) in [6.07, 6.45) is -0.515. The number of aliphatic hydroxyl groups excluding tert-OH is 1. The number of pyridine rings is 2. The Bertz CT molecular complexity index is 1150. The second-order valence-corrected chi connectivity index (χ2v) is 8.31. The molecule has 0 amide bonds. The number of halogens is 4. The average Bonchev–Trinajstić information content (AvgIpc) is 3.29. The van der Waals surface area contributed by atoms with Crippen LogP contribution in [0.1, 0.15) is 12.0 Å². The molecule has 1 fully saturated rings. The quantitative estimate of drug-likeness (QED) is 0.420. The van der Waals surface area contributed by atoms with Crippen LogP contribution in [0, 0.1) is 5.92 Å². The van der Waals surface area contributed by atoms with Crippen molar-refractivity contribution < 1.29 is 23.0 Å².